The van der Waals surface area contributed by atoms with Crippen LogP contribution in [0.5, 0.6) is 0 Å². The average Bonchev–Trinajstić information content (AvgIpc) is 2.08. The number of nitrogens with two attached hydrogens (primary N) is 1. The molecule has 0 aliphatic carbocycles. The van der Waals surface area contributed by atoms with E-state index in [1.165, 1.54) is 0 Å². The second-order valence-electron chi connectivity index (χ2n) is 2.93. The molecule has 0 fully saturated rings. The molecular weight excluding hydrogens is 168 g/mol. The van der Waals surface area contributed by atoms with E-state index in [0.29, 0.717) is 13.1 Å². The fourth-order valence-electron chi connectivity index (χ4n) is 0.881. The molecule has 1 atom stereocenters. The molecule has 72 valence electrons. The van der Waals surface area contributed by atoms with Crippen molar-refractivity contribution in [1.29, 1.82) is 0 Å². The van der Waals surface area contributed by atoms with Gasteiger partial charge in [0.05, 0.1) is 6.10 Å². The molecule has 4 N–H and O–H groups in total. The summed E-state index contributed by atoms with van der Waals surface area (Å²) in [5, 5.41) is 12.0. The highest BCUT2D eigenvalue weighted by Crippen LogP contribution is 1.95. The summed E-state index contributed by atoms with van der Waals surface area (Å²) in [6, 6.07) is 0. The van der Waals surface area contributed by atoms with Crippen LogP contribution in [0.1, 0.15) is 12.5 Å². The summed E-state index contributed by atoms with van der Waals surface area (Å²) in [6.07, 6.45) is 2.99. The number of hydrogen-bond donors (Lipinski definition) is 3. The van der Waals surface area contributed by atoms with E-state index in [4.69, 9.17) is 10.8 Å². The quantitative estimate of drug-likeness (QED) is 0.586. The Morgan fingerprint density at radius 1 is 1.54 bits per heavy atom. The summed E-state index contributed by atoms with van der Waals surface area (Å²) in [5.41, 5.74) is 6.27. The number of anilines is 1. The maximum atomic E-state index is 8.96. The second-order valence-corrected chi connectivity index (χ2v) is 2.93. The molecular formula is C8H14N4O. The largest absolute Gasteiger partial charge is 0.392 e. The van der Waals surface area contributed by atoms with Crippen molar-refractivity contribution in [3.05, 3.63) is 18.0 Å². The third-order valence-electron chi connectivity index (χ3n) is 1.49. The van der Waals surface area contributed by atoms with Crippen LogP contribution >= 0.6 is 0 Å². The predicted molar refractivity (Wildman–Crippen MR) is 49.8 cm³/mol. The van der Waals surface area contributed by atoms with Gasteiger partial charge >= 0.3 is 0 Å². The monoisotopic (exact) mass is 182 g/mol. The Bertz CT molecular complexity index is 247. The summed E-state index contributed by atoms with van der Waals surface area (Å²) < 4.78 is 0. The van der Waals surface area contributed by atoms with Gasteiger partial charge in [-0.1, -0.05) is 0 Å². The number of nitrogens with one attached hydrogen (secondary N) is 1. The van der Waals surface area contributed by atoms with Gasteiger partial charge in [-0.3, -0.25) is 0 Å². The maximum Gasteiger partial charge on any atom is 0.219 e. The van der Waals surface area contributed by atoms with E-state index < -0.39 is 0 Å². The summed E-state index contributed by atoms with van der Waals surface area (Å²) in [7, 11) is 0. The van der Waals surface area contributed by atoms with Crippen molar-refractivity contribution < 1.29 is 5.11 Å². The van der Waals surface area contributed by atoms with Gasteiger partial charge in [0.25, 0.3) is 0 Å². The van der Waals surface area contributed by atoms with Crippen molar-refractivity contribution >= 4 is 5.95 Å². The highest BCUT2D eigenvalue weighted by atomic mass is 16.3. The molecule has 0 aliphatic heterocycles. The van der Waals surface area contributed by atoms with E-state index in [9.17, 15) is 0 Å². The molecule has 0 saturated heterocycles. The van der Waals surface area contributed by atoms with Gasteiger partial charge in [0, 0.05) is 31.0 Å². The number of aromatic nitrogens is 2. The van der Waals surface area contributed by atoms with E-state index in [-0.39, 0.29) is 12.1 Å². The van der Waals surface area contributed by atoms with Gasteiger partial charge in [0.15, 0.2) is 0 Å². The molecule has 0 radical (unpaired) electrons. The Labute approximate surface area is 77.0 Å². The molecule has 1 aromatic heterocycles. The van der Waals surface area contributed by atoms with Crippen molar-refractivity contribution in [2.24, 2.45) is 0 Å². The molecule has 5 nitrogen and oxygen atoms in total. The molecule has 1 aromatic rings. The molecule has 0 spiro atoms. The molecule has 5 heteroatoms. The van der Waals surface area contributed by atoms with Crippen molar-refractivity contribution in [2.75, 3.05) is 12.3 Å². The molecule has 13 heavy (non-hydrogen) atoms. The van der Waals surface area contributed by atoms with E-state index in [0.717, 1.165) is 5.56 Å². The normalized spacial score (nSPS) is 12.8. The maximum absolute atomic E-state index is 8.96. The summed E-state index contributed by atoms with van der Waals surface area (Å²) in [6.45, 7) is 2.93. The Morgan fingerprint density at radius 3 is 2.69 bits per heavy atom. The third kappa shape index (κ3) is 3.82. The van der Waals surface area contributed by atoms with Gasteiger partial charge in [-0.05, 0) is 6.92 Å². The first-order chi connectivity index (χ1) is 6.18. The lowest BCUT2D eigenvalue weighted by molar-refractivity contribution is 0.191. The molecule has 0 bridgehead atoms. The smallest absolute Gasteiger partial charge is 0.219 e. The lowest BCUT2D eigenvalue weighted by atomic mass is 10.3. The number of aliphatic hydroxyl groups is 1. The highest BCUT2D eigenvalue weighted by Gasteiger charge is 1.96. The minimum absolute atomic E-state index is 0.277. The number of aliphatic hydroxyl groups excluding tert-OH is 1. The van der Waals surface area contributed by atoms with E-state index in [1.807, 2.05) is 0 Å². The number of nitrogens with zero attached hydrogens (tertiary/aromatic N) is 2. The minimum atomic E-state index is -0.338. The van der Waals surface area contributed by atoms with Crippen LogP contribution in [0.4, 0.5) is 5.95 Å². The molecule has 0 unspecified atom stereocenters. The first-order valence-corrected chi connectivity index (χ1v) is 4.13. The van der Waals surface area contributed by atoms with Gasteiger partial charge < -0.3 is 16.2 Å². The first-order valence-electron chi connectivity index (χ1n) is 4.13. The Balaban J connectivity index is 2.33. The van der Waals surface area contributed by atoms with Crippen LogP contribution < -0.4 is 11.1 Å². The third-order valence-corrected chi connectivity index (χ3v) is 1.49. The van der Waals surface area contributed by atoms with Crippen LogP contribution in [0.3, 0.4) is 0 Å². The number of nitrogen functional groups attached to an aromatic ring is 1. The highest BCUT2D eigenvalue weighted by molar-refractivity contribution is 5.16. The van der Waals surface area contributed by atoms with Crippen molar-refractivity contribution in [1.82, 2.24) is 15.3 Å². The van der Waals surface area contributed by atoms with Crippen LogP contribution in [-0.2, 0) is 6.54 Å². The van der Waals surface area contributed by atoms with Crippen LogP contribution in [0, 0.1) is 0 Å². The van der Waals surface area contributed by atoms with Crippen LogP contribution in [-0.4, -0.2) is 27.7 Å². The fourth-order valence-corrected chi connectivity index (χ4v) is 0.881. The second kappa shape index (κ2) is 4.74. The standard InChI is InChI=1S/C8H14N4O/c1-6(13)2-10-3-7-4-11-8(9)12-5-7/h4-6,10,13H,2-3H2,1H3,(H2,9,11,12)/t6-/m1/s1. The van der Waals surface area contributed by atoms with Crippen LogP contribution in [0.2, 0.25) is 0 Å². The minimum Gasteiger partial charge on any atom is -0.392 e. The lowest BCUT2D eigenvalue weighted by Crippen LogP contribution is -2.23. The molecule has 0 aromatic carbocycles. The zero-order valence-electron chi connectivity index (χ0n) is 7.57. The van der Waals surface area contributed by atoms with Crippen molar-refractivity contribution in [2.45, 2.75) is 19.6 Å². The first kappa shape index (κ1) is 9.88. The molecule has 1 rings (SSSR count). The molecule has 0 amide bonds. The lowest BCUT2D eigenvalue weighted by Gasteiger charge is -2.05. The summed E-state index contributed by atoms with van der Waals surface area (Å²) in [4.78, 5) is 7.68. The summed E-state index contributed by atoms with van der Waals surface area (Å²) >= 11 is 0. The van der Waals surface area contributed by atoms with Crippen LogP contribution in [0.25, 0.3) is 0 Å². The van der Waals surface area contributed by atoms with Gasteiger partial charge in [0.1, 0.15) is 0 Å². The molecule has 1 heterocycles. The SMILES string of the molecule is C[C@@H](O)CNCc1cnc(N)nc1. The number of hydrogen-bond acceptors (Lipinski definition) is 5. The van der Waals surface area contributed by atoms with E-state index in [1.54, 1.807) is 19.3 Å². The zero-order valence-corrected chi connectivity index (χ0v) is 7.57. The van der Waals surface area contributed by atoms with Gasteiger partial charge in [-0.2, -0.15) is 0 Å². The molecule has 0 aliphatic rings. The Kier molecular flexibility index (Phi) is 3.60. The number of rotatable bonds is 4. The van der Waals surface area contributed by atoms with Gasteiger partial charge in [-0.25, -0.2) is 9.97 Å². The topological polar surface area (TPSA) is 84.1 Å². The fraction of sp³-hybridized carbons (Fsp3) is 0.500. The zero-order chi connectivity index (χ0) is 9.68. The van der Waals surface area contributed by atoms with E-state index >= 15 is 0 Å². The van der Waals surface area contributed by atoms with Crippen molar-refractivity contribution in [3.8, 4) is 0 Å². The van der Waals surface area contributed by atoms with E-state index in [2.05, 4.69) is 15.3 Å². The average molecular weight is 182 g/mol. The Morgan fingerprint density at radius 2 is 2.15 bits per heavy atom. The Hall–Kier alpha value is -1.20. The van der Waals surface area contributed by atoms with Crippen molar-refractivity contribution in [3.63, 3.8) is 0 Å². The van der Waals surface area contributed by atoms with Crippen LogP contribution in [0.15, 0.2) is 12.4 Å². The predicted octanol–water partition coefficient (Wildman–Crippen LogP) is -0.471. The van der Waals surface area contributed by atoms with Gasteiger partial charge in [-0.15, -0.1) is 0 Å². The summed E-state index contributed by atoms with van der Waals surface area (Å²) in [5.74, 6) is 0.277. The van der Waals surface area contributed by atoms with Gasteiger partial charge in [0.2, 0.25) is 5.95 Å². The molecule has 0 saturated carbocycles.